The van der Waals surface area contributed by atoms with Crippen molar-refractivity contribution in [2.24, 2.45) is 0 Å². The highest BCUT2D eigenvalue weighted by Gasteiger charge is 2.44. The first-order valence-corrected chi connectivity index (χ1v) is 38.7. The van der Waals surface area contributed by atoms with E-state index in [0.29, 0.717) is 0 Å². The van der Waals surface area contributed by atoms with Gasteiger partial charge in [0.15, 0.2) is 0 Å². The van der Waals surface area contributed by atoms with Crippen molar-refractivity contribution in [2.75, 3.05) is 0 Å². The number of aryl methyl sites for hydroxylation is 2. The summed E-state index contributed by atoms with van der Waals surface area (Å²) in [6.07, 6.45) is 39.9. The van der Waals surface area contributed by atoms with Gasteiger partial charge in [-0.25, -0.2) is 0 Å². The van der Waals surface area contributed by atoms with Gasteiger partial charge in [0.05, 0.1) is 0 Å². The molecule has 4 heteroatoms. The molecule has 0 atom stereocenters. The second-order valence-corrected chi connectivity index (χ2v) is 31.1. The fourth-order valence-electron chi connectivity index (χ4n) is 16.1. The third kappa shape index (κ3) is 16.2. The Morgan fingerprint density at radius 2 is 0.522 bits per heavy atom. The van der Waals surface area contributed by atoms with E-state index in [0.717, 1.165) is 21.8 Å². The van der Waals surface area contributed by atoms with Crippen molar-refractivity contribution >= 4 is 63.7 Å². The lowest BCUT2D eigenvalue weighted by atomic mass is 9.70. The molecule has 0 aliphatic heterocycles. The van der Waals surface area contributed by atoms with Gasteiger partial charge in [-0.2, -0.15) is 0 Å². The summed E-state index contributed by atoms with van der Waals surface area (Å²) in [5, 5.41) is 0. The van der Waals surface area contributed by atoms with Crippen LogP contribution in [0.2, 0.25) is 0 Å². The van der Waals surface area contributed by atoms with Crippen molar-refractivity contribution in [1.29, 1.82) is 0 Å². The Morgan fingerprint density at radius 1 is 0.256 bits per heavy atom. The van der Waals surface area contributed by atoms with Crippen LogP contribution < -0.4 is 0 Å². The molecular weight excluding hydrogens is 1350 g/mol. The summed E-state index contributed by atoms with van der Waals surface area (Å²) in [7, 11) is 0. The van der Waals surface area contributed by atoms with Gasteiger partial charge in [0, 0.05) is 28.7 Å². The number of rotatable bonds is 29. The maximum absolute atomic E-state index is 3.79. The summed E-state index contributed by atoms with van der Waals surface area (Å²) in [4.78, 5) is 0. The number of halogens is 4. The molecule has 90 heavy (non-hydrogen) atoms. The van der Waals surface area contributed by atoms with Gasteiger partial charge in [0.1, 0.15) is 0 Å². The normalized spacial score (nSPS) is 13.7. The SMILES string of the molecule is Brc1ccc2c(c1)Cc1cc(Br)ccc1-2.CCCCCCCCC1(CCCCCCCC)c2cc(Br)ccc2-c2ccc(Br)cc21.CCCCCCCCC1(CCCCCCCC)c2cc(C)ccc2-c2ccc(-c3ccc4c(c3)Cc3cc(C)ccc3-4)cc21. The smallest absolute Gasteiger partial charge is 0.0216 e. The quantitative estimate of drug-likeness (QED) is 0.0410. The molecule has 4 aliphatic carbocycles. The molecule has 4 aliphatic rings. The topological polar surface area (TPSA) is 0 Å². The lowest BCUT2D eigenvalue weighted by Gasteiger charge is -2.33. The fourth-order valence-corrected chi connectivity index (χ4v) is 17.6. The highest BCUT2D eigenvalue weighted by molar-refractivity contribution is 9.11. The zero-order valence-corrected chi connectivity index (χ0v) is 61.9. The average molecular weight is 1460 g/mol. The number of unbranched alkanes of at least 4 members (excludes halogenated alkanes) is 20. The van der Waals surface area contributed by atoms with Crippen LogP contribution in [0.4, 0.5) is 0 Å². The van der Waals surface area contributed by atoms with Gasteiger partial charge in [-0.05, 0) is 207 Å². The van der Waals surface area contributed by atoms with E-state index in [4.69, 9.17) is 0 Å². The third-order valence-corrected chi connectivity index (χ3v) is 22.8. The minimum Gasteiger partial charge on any atom is -0.0654 e. The van der Waals surface area contributed by atoms with Crippen LogP contribution in [0.1, 0.15) is 263 Å². The van der Waals surface area contributed by atoms with Crippen molar-refractivity contribution in [2.45, 2.75) is 245 Å². The lowest BCUT2D eigenvalue weighted by molar-refractivity contribution is 0.397. The van der Waals surface area contributed by atoms with Gasteiger partial charge >= 0.3 is 0 Å². The zero-order chi connectivity index (χ0) is 63.0. The Bertz CT molecular complexity index is 3540. The summed E-state index contributed by atoms with van der Waals surface area (Å²) >= 11 is 14.6. The van der Waals surface area contributed by atoms with Crippen LogP contribution in [0, 0.1) is 13.8 Å². The predicted molar refractivity (Wildman–Crippen MR) is 406 cm³/mol. The first kappa shape index (κ1) is 68.5. The summed E-state index contributed by atoms with van der Waals surface area (Å²) in [5.41, 5.74) is 29.5. The van der Waals surface area contributed by atoms with Crippen LogP contribution in [0.3, 0.4) is 0 Å². The van der Waals surface area contributed by atoms with Crippen LogP contribution in [-0.4, -0.2) is 0 Å². The summed E-state index contributed by atoms with van der Waals surface area (Å²) in [6, 6.07) is 56.0. The molecule has 0 nitrogen and oxygen atoms in total. The second-order valence-electron chi connectivity index (χ2n) is 27.4. The summed E-state index contributed by atoms with van der Waals surface area (Å²) in [6.45, 7) is 13.8. The Morgan fingerprint density at radius 3 is 0.933 bits per heavy atom. The molecule has 0 radical (unpaired) electrons. The Balaban J connectivity index is 0.000000167. The number of hydrogen-bond acceptors (Lipinski definition) is 0. The molecular formula is C86H102Br4. The highest BCUT2D eigenvalue weighted by atomic mass is 79.9. The fraction of sp³-hybridized carbons (Fsp3) is 0.442. The average Bonchev–Trinajstić information content (AvgIpc) is 1.58. The number of benzene rings is 8. The molecule has 8 aromatic carbocycles. The Hall–Kier alpha value is -4.32. The standard InChI is InChI=1S/C44H54.C29H40Br2.C13H8Br2/c1-5-7-9-11-13-15-25-44(26-16-14-12-10-8-6-2)42-28-33(4)18-22-40(42)41-24-20-35(31-43(41)44)34-19-23-39-37(29-34)30-36-27-32(3)17-21-38(36)39;1-3-5-7-9-11-13-19-29(20-14-12-10-8-6-4-2)27-21-23(30)15-17-25(27)26-18-16-24(31)22-28(26)29;14-10-1-3-12-8(6-10)5-9-7-11(15)2-4-13(9)12/h17-24,27-29,31H,5-16,25-26,30H2,1-4H3;15-18,21-22H,3-14,19-20H2,1-2H3;1-4,6-7H,5H2. The van der Waals surface area contributed by atoms with Gasteiger partial charge < -0.3 is 0 Å². The molecule has 0 saturated carbocycles. The van der Waals surface area contributed by atoms with Gasteiger partial charge in [0.2, 0.25) is 0 Å². The molecule has 0 fully saturated rings. The maximum Gasteiger partial charge on any atom is 0.0216 e. The molecule has 0 saturated heterocycles. The van der Waals surface area contributed by atoms with Crippen LogP contribution in [0.5, 0.6) is 0 Å². The molecule has 0 aromatic heterocycles. The minimum absolute atomic E-state index is 0.132. The van der Waals surface area contributed by atoms with Crippen LogP contribution in [-0.2, 0) is 23.7 Å². The van der Waals surface area contributed by atoms with E-state index < -0.39 is 0 Å². The van der Waals surface area contributed by atoms with Crippen molar-refractivity contribution in [3.8, 4) is 55.6 Å². The summed E-state index contributed by atoms with van der Waals surface area (Å²) in [5.74, 6) is 0. The zero-order valence-electron chi connectivity index (χ0n) is 55.6. The first-order chi connectivity index (χ1) is 43.9. The minimum atomic E-state index is 0.132. The molecule has 0 spiro atoms. The highest BCUT2D eigenvalue weighted by Crippen LogP contribution is 2.57. The Kier molecular flexibility index (Phi) is 25.3. The lowest BCUT2D eigenvalue weighted by Crippen LogP contribution is -2.25. The van der Waals surface area contributed by atoms with Crippen molar-refractivity contribution in [3.63, 3.8) is 0 Å². The van der Waals surface area contributed by atoms with E-state index in [1.807, 2.05) is 0 Å². The number of hydrogen-bond donors (Lipinski definition) is 0. The van der Waals surface area contributed by atoms with E-state index in [-0.39, 0.29) is 10.8 Å². The monoisotopic (exact) mass is 1450 g/mol. The van der Waals surface area contributed by atoms with Crippen LogP contribution in [0.15, 0.2) is 163 Å². The maximum atomic E-state index is 3.79. The second kappa shape index (κ2) is 33.2. The molecule has 12 rings (SSSR count). The van der Waals surface area contributed by atoms with Crippen molar-refractivity contribution < 1.29 is 0 Å². The largest absolute Gasteiger partial charge is 0.0654 e. The number of fused-ring (bicyclic) bond motifs is 12. The van der Waals surface area contributed by atoms with E-state index in [2.05, 4.69) is 251 Å². The van der Waals surface area contributed by atoms with Crippen LogP contribution >= 0.6 is 63.7 Å². The molecule has 0 heterocycles. The summed E-state index contributed by atoms with van der Waals surface area (Å²) < 4.78 is 4.75. The molecule has 0 unspecified atom stereocenters. The molecule has 0 bridgehead atoms. The van der Waals surface area contributed by atoms with Gasteiger partial charge in [-0.3, -0.25) is 0 Å². The molecule has 8 aromatic rings. The van der Waals surface area contributed by atoms with Gasteiger partial charge in [-0.1, -0.05) is 348 Å². The van der Waals surface area contributed by atoms with E-state index in [9.17, 15) is 0 Å². The predicted octanol–water partition coefficient (Wildman–Crippen LogP) is 29.1. The van der Waals surface area contributed by atoms with E-state index in [1.54, 1.807) is 22.3 Å². The van der Waals surface area contributed by atoms with Crippen LogP contribution in [0.25, 0.3) is 55.6 Å². The van der Waals surface area contributed by atoms with E-state index >= 15 is 0 Å². The van der Waals surface area contributed by atoms with E-state index in [1.165, 1.54) is 278 Å². The van der Waals surface area contributed by atoms with Crippen molar-refractivity contribution in [1.82, 2.24) is 0 Å². The molecule has 0 amide bonds. The molecule has 0 N–H and O–H groups in total. The molecule has 474 valence electrons. The third-order valence-electron chi connectivity index (χ3n) is 20.8. The first-order valence-electron chi connectivity index (χ1n) is 35.6. The van der Waals surface area contributed by atoms with Crippen molar-refractivity contribution in [3.05, 3.63) is 219 Å². The van der Waals surface area contributed by atoms with Gasteiger partial charge in [-0.15, -0.1) is 0 Å². The Labute approximate surface area is 578 Å². The van der Waals surface area contributed by atoms with Gasteiger partial charge in [0.25, 0.3) is 0 Å².